The van der Waals surface area contributed by atoms with Crippen LogP contribution >= 0.6 is 0 Å². The van der Waals surface area contributed by atoms with Crippen molar-refractivity contribution in [2.45, 2.75) is 19.2 Å². The van der Waals surface area contributed by atoms with Crippen molar-refractivity contribution in [2.24, 2.45) is 0 Å². The highest BCUT2D eigenvalue weighted by Gasteiger charge is 2.30. The number of hydrogen-bond acceptors (Lipinski definition) is 1. The van der Waals surface area contributed by atoms with Gasteiger partial charge in [-0.25, -0.2) is 0 Å². The second-order valence-corrected chi connectivity index (χ2v) is 3.00. The van der Waals surface area contributed by atoms with Crippen molar-refractivity contribution in [3.63, 3.8) is 0 Å². The van der Waals surface area contributed by atoms with Crippen molar-refractivity contribution in [1.29, 1.82) is 0 Å². The summed E-state index contributed by atoms with van der Waals surface area (Å²) < 4.78 is 41.5. The largest absolute Gasteiger partial charge is 0.416 e. The lowest BCUT2D eigenvalue weighted by molar-refractivity contribution is -0.137. The van der Waals surface area contributed by atoms with Crippen LogP contribution in [0.25, 0.3) is 0 Å². The van der Waals surface area contributed by atoms with Gasteiger partial charge in [-0.1, -0.05) is 12.1 Å². The minimum absolute atomic E-state index is 0.183. The Morgan fingerprint density at radius 3 is 2.00 bits per heavy atom. The van der Waals surface area contributed by atoms with Crippen molar-refractivity contribution in [3.8, 4) is 0 Å². The number of methoxy groups -OCH3 is 1. The van der Waals surface area contributed by atoms with Gasteiger partial charge >= 0.3 is 6.18 Å². The average Bonchev–Trinajstić information content (AvgIpc) is 2.15. The molecule has 4 heteroatoms. The van der Waals surface area contributed by atoms with Crippen molar-refractivity contribution < 1.29 is 17.9 Å². The van der Waals surface area contributed by atoms with Gasteiger partial charge in [0.25, 0.3) is 0 Å². The molecule has 0 saturated heterocycles. The first-order valence-corrected chi connectivity index (χ1v) is 4.15. The van der Waals surface area contributed by atoms with Gasteiger partial charge in [0.1, 0.15) is 0 Å². The van der Waals surface area contributed by atoms with Gasteiger partial charge in [-0.3, -0.25) is 0 Å². The molecule has 0 fully saturated rings. The molecule has 0 heterocycles. The zero-order valence-corrected chi connectivity index (χ0v) is 7.93. The van der Waals surface area contributed by atoms with E-state index in [-0.39, 0.29) is 6.10 Å². The second kappa shape index (κ2) is 4.00. The van der Waals surface area contributed by atoms with Gasteiger partial charge < -0.3 is 4.74 Å². The zero-order valence-electron chi connectivity index (χ0n) is 7.93. The van der Waals surface area contributed by atoms with Crippen LogP contribution in [0.15, 0.2) is 24.3 Å². The summed E-state index contributed by atoms with van der Waals surface area (Å²) in [5.41, 5.74) is 0.102. The Bertz CT molecular complexity index is 289. The SMILES string of the molecule is CO[C@H](C)c1ccc(C(F)(F)F)cc1. The fourth-order valence-corrected chi connectivity index (χ4v) is 1.08. The molecule has 0 radical (unpaired) electrons. The summed E-state index contributed by atoms with van der Waals surface area (Å²) in [6.07, 6.45) is -4.45. The molecular weight excluding hydrogens is 193 g/mol. The maximum atomic E-state index is 12.2. The first kappa shape index (κ1) is 11.0. The molecule has 0 aliphatic rings. The number of alkyl halides is 3. The molecule has 1 aromatic carbocycles. The van der Waals surface area contributed by atoms with Gasteiger partial charge in [0.2, 0.25) is 0 Å². The van der Waals surface area contributed by atoms with E-state index in [4.69, 9.17) is 4.74 Å². The summed E-state index contributed by atoms with van der Waals surface area (Å²) in [4.78, 5) is 0. The van der Waals surface area contributed by atoms with E-state index >= 15 is 0 Å². The highest BCUT2D eigenvalue weighted by atomic mass is 19.4. The lowest BCUT2D eigenvalue weighted by Crippen LogP contribution is -2.05. The number of halogens is 3. The number of hydrogen-bond donors (Lipinski definition) is 0. The Morgan fingerprint density at radius 2 is 1.64 bits per heavy atom. The van der Waals surface area contributed by atoms with Crippen LogP contribution in [-0.2, 0) is 10.9 Å². The molecule has 1 aromatic rings. The highest BCUT2D eigenvalue weighted by Crippen LogP contribution is 2.30. The van der Waals surface area contributed by atoms with E-state index in [1.165, 1.54) is 19.2 Å². The van der Waals surface area contributed by atoms with Gasteiger partial charge in [0, 0.05) is 7.11 Å². The predicted molar refractivity (Wildman–Crippen MR) is 46.9 cm³/mol. The highest BCUT2D eigenvalue weighted by molar-refractivity contribution is 5.25. The van der Waals surface area contributed by atoms with Gasteiger partial charge in [0.05, 0.1) is 11.7 Å². The monoisotopic (exact) mass is 204 g/mol. The molecule has 0 aromatic heterocycles. The van der Waals surface area contributed by atoms with E-state index in [1.54, 1.807) is 6.92 Å². The van der Waals surface area contributed by atoms with Crippen LogP contribution in [0, 0.1) is 0 Å². The molecule has 0 aliphatic carbocycles. The van der Waals surface area contributed by atoms with Gasteiger partial charge in [0.15, 0.2) is 0 Å². The molecular formula is C10H11F3O. The average molecular weight is 204 g/mol. The van der Waals surface area contributed by atoms with Gasteiger partial charge in [-0.15, -0.1) is 0 Å². The molecule has 0 amide bonds. The van der Waals surface area contributed by atoms with Crippen LogP contribution in [0.5, 0.6) is 0 Å². The lowest BCUT2D eigenvalue weighted by Gasteiger charge is -2.11. The van der Waals surface area contributed by atoms with E-state index in [2.05, 4.69) is 0 Å². The third-order valence-corrected chi connectivity index (χ3v) is 2.06. The van der Waals surface area contributed by atoms with E-state index < -0.39 is 11.7 Å². The molecule has 0 aliphatic heterocycles. The predicted octanol–water partition coefficient (Wildman–Crippen LogP) is 3.41. The summed E-state index contributed by atoms with van der Waals surface area (Å²) in [6, 6.07) is 4.98. The third-order valence-electron chi connectivity index (χ3n) is 2.06. The van der Waals surface area contributed by atoms with Gasteiger partial charge in [-0.2, -0.15) is 13.2 Å². The standard InChI is InChI=1S/C10H11F3O/c1-7(14-2)8-3-5-9(6-4-8)10(11,12)13/h3-7H,1-2H3/t7-/m1/s1. The minimum Gasteiger partial charge on any atom is -0.377 e. The molecule has 0 bridgehead atoms. The molecule has 1 nitrogen and oxygen atoms in total. The van der Waals surface area contributed by atoms with Crippen molar-refractivity contribution in [3.05, 3.63) is 35.4 Å². The summed E-state index contributed by atoms with van der Waals surface area (Å²) in [6.45, 7) is 1.78. The first-order valence-electron chi connectivity index (χ1n) is 4.15. The Balaban J connectivity index is 2.89. The van der Waals surface area contributed by atoms with Crippen molar-refractivity contribution >= 4 is 0 Å². The summed E-state index contributed by atoms with van der Waals surface area (Å²) >= 11 is 0. The van der Waals surface area contributed by atoms with Crippen LogP contribution in [-0.4, -0.2) is 7.11 Å². The number of rotatable bonds is 2. The molecule has 78 valence electrons. The minimum atomic E-state index is -4.27. The quantitative estimate of drug-likeness (QED) is 0.717. The molecule has 14 heavy (non-hydrogen) atoms. The molecule has 1 rings (SSSR count). The Kier molecular flexibility index (Phi) is 3.16. The van der Waals surface area contributed by atoms with Crippen molar-refractivity contribution in [2.75, 3.05) is 7.11 Å². The fourth-order valence-electron chi connectivity index (χ4n) is 1.08. The number of benzene rings is 1. The van der Waals surface area contributed by atoms with Crippen LogP contribution in [0.4, 0.5) is 13.2 Å². The summed E-state index contributed by atoms with van der Waals surface area (Å²) in [5, 5.41) is 0. The maximum absolute atomic E-state index is 12.2. The topological polar surface area (TPSA) is 9.23 Å². The van der Waals surface area contributed by atoms with E-state index in [0.717, 1.165) is 17.7 Å². The summed E-state index contributed by atoms with van der Waals surface area (Å²) in [7, 11) is 1.52. The third kappa shape index (κ3) is 2.48. The number of ether oxygens (including phenoxy) is 1. The molecule has 0 spiro atoms. The van der Waals surface area contributed by atoms with Crippen LogP contribution < -0.4 is 0 Å². The van der Waals surface area contributed by atoms with Crippen LogP contribution in [0.2, 0.25) is 0 Å². The van der Waals surface area contributed by atoms with Crippen molar-refractivity contribution in [1.82, 2.24) is 0 Å². The van der Waals surface area contributed by atoms with Gasteiger partial charge in [-0.05, 0) is 24.6 Å². The molecule has 0 N–H and O–H groups in total. The Labute approximate surface area is 80.5 Å². The first-order chi connectivity index (χ1) is 6.45. The normalized spacial score (nSPS) is 14.1. The Hall–Kier alpha value is -1.03. The Morgan fingerprint density at radius 1 is 1.14 bits per heavy atom. The van der Waals surface area contributed by atoms with E-state index in [9.17, 15) is 13.2 Å². The second-order valence-electron chi connectivity index (χ2n) is 3.00. The molecule has 1 atom stereocenters. The summed E-state index contributed by atoms with van der Waals surface area (Å²) in [5.74, 6) is 0. The lowest BCUT2D eigenvalue weighted by atomic mass is 10.1. The van der Waals surface area contributed by atoms with E-state index in [1.807, 2.05) is 0 Å². The van der Waals surface area contributed by atoms with E-state index in [0.29, 0.717) is 0 Å². The molecule has 0 saturated carbocycles. The van der Waals surface area contributed by atoms with Crippen LogP contribution in [0.3, 0.4) is 0 Å². The zero-order chi connectivity index (χ0) is 10.8. The smallest absolute Gasteiger partial charge is 0.377 e. The van der Waals surface area contributed by atoms with Crippen LogP contribution in [0.1, 0.15) is 24.2 Å². The molecule has 0 unspecified atom stereocenters. The maximum Gasteiger partial charge on any atom is 0.416 e. The fraction of sp³-hybridized carbons (Fsp3) is 0.400.